The summed E-state index contributed by atoms with van der Waals surface area (Å²) < 4.78 is 0. The lowest BCUT2D eigenvalue weighted by Gasteiger charge is -1.94. The molecule has 0 saturated carbocycles. The number of rotatable bonds is 4. The van der Waals surface area contributed by atoms with Gasteiger partial charge in [-0.2, -0.15) is 0 Å². The quantitative estimate of drug-likeness (QED) is 0.661. The van der Waals surface area contributed by atoms with Crippen LogP contribution in [-0.2, 0) is 4.79 Å². The topological polar surface area (TPSA) is 50.2 Å². The molecule has 0 radical (unpaired) electrons. The van der Waals surface area contributed by atoms with E-state index >= 15 is 0 Å². The van der Waals surface area contributed by atoms with Gasteiger partial charge < -0.3 is 5.11 Å². The van der Waals surface area contributed by atoms with Gasteiger partial charge in [-0.15, -0.1) is 0 Å². The molecule has 1 N–H and O–H groups in total. The molecule has 3 nitrogen and oxygen atoms in total. The molecular weight excluding hydrogens is 242 g/mol. The molecule has 0 fully saturated rings. The van der Waals surface area contributed by atoms with Gasteiger partial charge in [-0.3, -0.25) is 0 Å². The Hall–Kier alpha value is -0.940. The van der Waals surface area contributed by atoms with Crippen LogP contribution in [0.1, 0.15) is 13.8 Å². The number of nitrogens with zero attached hydrogens (tertiary/aromatic N) is 1. The molecule has 1 rings (SSSR count). The lowest BCUT2D eigenvalue weighted by molar-refractivity contribution is -0.132. The number of carboxylic acid groups (broad SMARTS) is 1. The zero-order valence-corrected chi connectivity index (χ0v) is 11.0. The van der Waals surface area contributed by atoms with Gasteiger partial charge in [-0.1, -0.05) is 30.4 Å². The summed E-state index contributed by atoms with van der Waals surface area (Å²) in [6, 6.07) is 5.96. The van der Waals surface area contributed by atoms with E-state index in [9.17, 15) is 4.79 Å². The van der Waals surface area contributed by atoms with Crippen molar-refractivity contribution in [1.82, 2.24) is 4.98 Å². The Morgan fingerprint density at radius 2 is 2.19 bits per heavy atom. The van der Waals surface area contributed by atoms with Gasteiger partial charge in [0.1, 0.15) is 5.03 Å². The molecule has 0 aliphatic rings. The summed E-state index contributed by atoms with van der Waals surface area (Å²) in [7, 11) is 3.54. The van der Waals surface area contributed by atoms with Crippen LogP contribution in [-0.4, -0.2) is 21.8 Å². The van der Waals surface area contributed by atoms with Crippen molar-refractivity contribution >= 4 is 27.6 Å². The highest BCUT2D eigenvalue weighted by Crippen LogP contribution is 2.27. The van der Waals surface area contributed by atoms with E-state index in [1.165, 1.54) is 6.92 Å². The van der Waals surface area contributed by atoms with Crippen molar-refractivity contribution in [2.24, 2.45) is 0 Å². The second kappa shape index (κ2) is 9.30. The van der Waals surface area contributed by atoms with Crippen molar-refractivity contribution in [1.29, 1.82) is 0 Å². The highest BCUT2D eigenvalue weighted by molar-refractivity contribution is 8.76. The fourth-order valence-electron chi connectivity index (χ4n) is 0.516. The summed E-state index contributed by atoms with van der Waals surface area (Å²) in [5.74, 6) is 0.191. The molecule has 0 bridgehead atoms. The van der Waals surface area contributed by atoms with Crippen LogP contribution in [0, 0.1) is 0 Å². The van der Waals surface area contributed by atoms with Crippen LogP contribution in [0.15, 0.2) is 41.6 Å². The van der Waals surface area contributed by atoms with Gasteiger partial charge in [0, 0.05) is 17.5 Å². The number of pyridine rings is 1. The molecule has 0 spiro atoms. The predicted molar refractivity (Wildman–Crippen MR) is 70.7 cm³/mol. The van der Waals surface area contributed by atoms with Crippen LogP contribution in [0.25, 0.3) is 0 Å². The van der Waals surface area contributed by atoms with Gasteiger partial charge in [0.15, 0.2) is 0 Å². The zero-order chi connectivity index (χ0) is 12.4. The molecule has 0 amide bonds. The van der Waals surface area contributed by atoms with E-state index in [2.05, 4.69) is 18.5 Å². The minimum atomic E-state index is -0.935. The third kappa shape index (κ3) is 8.38. The minimum absolute atomic E-state index is 0.176. The van der Waals surface area contributed by atoms with Gasteiger partial charge in [-0.05, 0) is 29.9 Å². The number of carbonyl (C=O) groups is 1. The van der Waals surface area contributed by atoms with Crippen LogP contribution in [0.2, 0.25) is 0 Å². The van der Waals surface area contributed by atoms with Crippen LogP contribution in [0.4, 0.5) is 0 Å². The van der Waals surface area contributed by atoms with Crippen LogP contribution in [0.5, 0.6) is 0 Å². The molecule has 88 valence electrons. The second-order valence-corrected chi connectivity index (χ2v) is 5.35. The first-order valence-electron chi connectivity index (χ1n) is 4.67. The van der Waals surface area contributed by atoms with Crippen molar-refractivity contribution in [2.75, 3.05) is 5.75 Å². The van der Waals surface area contributed by atoms with E-state index in [1.54, 1.807) is 10.8 Å². The molecule has 1 aromatic rings. The molecule has 1 aromatic heterocycles. The average Bonchev–Trinajstić information content (AvgIpc) is 2.28. The lowest BCUT2D eigenvalue weighted by atomic mass is 10.4. The Balaban J connectivity index is 0.000000325. The van der Waals surface area contributed by atoms with E-state index in [1.807, 2.05) is 35.2 Å². The lowest BCUT2D eigenvalue weighted by Crippen LogP contribution is -1.92. The number of aliphatic carboxylic acids is 1. The van der Waals surface area contributed by atoms with Crippen molar-refractivity contribution in [3.8, 4) is 0 Å². The van der Waals surface area contributed by atoms with Crippen molar-refractivity contribution in [3.05, 3.63) is 36.5 Å². The van der Waals surface area contributed by atoms with Crippen LogP contribution < -0.4 is 0 Å². The maximum atomic E-state index is 9.60. The molecule has 16 heavy (non-hydrogen) atoms. The Morgan fingerprint density at radius 1 is 1.56 bits per heavy atom. The second-order valence-electron chi connectivity index (χ2n) is 2.74. The molecule has 5 heteroatoms. The van der Waals surface area contributed by atoms with Gasteiger partial charge in [0.2, 0.25) is 0 Å². The van der Waals surface area contributed by atoms with Crippen LogP contribution in [0.3, 0.4) is 0 Å². The van der Waals surface area contributed by atoms with E-state index in [0.717, 1.165) is 10.8 Å². The third-order valence-electron chi connectivity index (χ3n) is 1.27. The summed E-state index contributed by atoms with van der Waals surface area (Å²) in [6.45, 7) is 6.74. The standard InChI is InChI=1S/C7H9NS2.C4H6O2/c1-2-9-10-7-5-3-4-6-8-7;1-3(2)4(5)6/h3-6H,2H2,1H3;1H2,2H3,(H,5,6). The molecular formula is C11H15NO2S2. The Bertz CT molecular complexity index is 316. The van der Waals surface area contributed by atoms with Crippen molar-refractivity contribution in [3.63, 3.8) is 0 Å². The Kier molecular flexibility index (Phi) is 8.75. The van der Waals surface area contributed by atoms with Gasteiger partial charge in [-0.25, -0.2) is 9.78 Å². The molecule has 0 aliphatic carbocycles. The maximum Gasteiger partial charge on any atom is 0.330 e. The first kappa shape index (κ1) is 15.1. The molecule has 0 atom stereocenters. The van der Waals surface area contributed by atoms with Gasteiger partial charge in [0.05, 0.1) is 0 Å². The third-order valence-corrected chi connectivity index (χ3v) is 3.60. The molecule has 0 unspecified atom stereocenters. The normalized spacial score (nSPS) is 8.88. The van der Waals surface area contributed by atoms with Gasteiger partial charge >= 0.3 is 5.97 Å². The van der Waals surface area contributed by atoms with E-state index < -0.39 is 5.97 Å². The average molecular weight is 257 g/mol. The van der Waals surface area contributed by atoms with Gasteiger partial charge in [0.25, 0.3) is 0 Å². The van der Waals surface area contributed by atoms with E-state index in [4.69, 9.17) is 5.11 Å². The highest BCUT2D eigenvalue weighted by atomic mass is 33.1. The van der Waals surface area contributed by atoms with Crippen molar-refractivity contribution < 1.29 is 9.90 Å². The fraction of sp³-hybridized carbons (Fsp3) is 0.273. The molecule has 1 heterocycles. The first-order valence-corrected chi connectivity index (χ1v) is 6.99. The predicted octanol–water partition coefficient (Wildman–Crippen LogP) is 3.49. The SMILES string of the molecule is C=C(C)C(=O)O.CCSSc1ccccn1. The van der Waals surface area contributed by atoms with Crippen LogP contribution >= 0.6 is 21.6 Å². The number of hydrogen-bond donors (Lipinski definition) is 1. The number of hydrogen-bond acceptors (Lipinski definition) is 4. The smallest absolute Gasteiger partial charge is 0.330 e. The summed E-state index contributed by atoms with van der Waals surface area (Å²) >= 11 is 0. The Labute approximate surface area is 104 Å². The fourth-order valence-corrected chi connectivity index (χ4v) is 2.00. The van der Waals surface area contributed by atoms with E-state index in [-0.39, 0.29) is 5.57 Å². The monoisotopic (exact) mass is 257 g/mol. The number of aromatic nitrogens is 1. The molecule has 0 aromatic carbocycles. The molecule has 0 saturated heterocycles. The zero-order valence-electron chi connectivity index (χ0n) is 9.34. The largest absolute Gasteiger partial charge is 0.478 e. The highest BCUT2D eigenvalue weighted by Gasteiger charge is 1.90. The summed E-state index contributed by atoms with van der Waals surface area (Å²) in [5, 5.41) is 8.98. The maximum absolute atomic E-state index is 9.60. The molecule has 0 aliphatic heterocycles. The summed E-state index contributed by atoms with van der Waals surface area (Å²) in [5.41, 5.74) is 0.176. The summed E-state index contributed by atoms with van der Waals surface area (Å²) in [6.07, 6.45) is 1.82. The number of carboxylic acids is 1. The Morgan fingerprint density at radius 3 is 2.56 bits per heavy atom. The first-order chi connectivity index (χ1) is 7.57. The summed E-state index contributed by atoms with van der Waals surface area (Å²) in [4.78, 5) is 13.8. The van der Waals surface area contributed by atoms with Crippen molar-refractivity contribution in [2.45, 2.75) is 18.9 Å². The van der Waals surface area contributed by atoms with E-state index in [0.29, 0.717) is 0 Å². The minimum Gasteiger partial charge on any atom is -0.478 e.